The Hall–Kier alpha value is -0.775. The molecule has 3 aliphatic rings. The maximum atomic E-state index is 9.66. The predicted octanol–water partition coefficient (Wildman–Crippen LogP) is 1.71. The molecule has 3 heterocycles. The van der Waals surface area contributed by atoms with Crippen LogP contribution < -0.4 is 0 Å². The Balaban J connectivity index is 1.98. The Morgan fingerprint density at radius 3 is 2.53 bits per heavy atom. The van der Waals surface area contributed by atoms with Crippen LogP contribution >= 0.6 is 0 Å². The molecule has 3 rings (SSSR count). The van der Waals surface area contributed by atoms with Gasteiger partial charge < -0.3 is 19.1 Å². The minimum atomic E-state index is -1.60. The van der Waals surface area contributed by atoms with Crippen molar-refractivity contribution in [1.29, 1.82) is 0 Å². The van der Waals surface area contributed by atoms with Gasteiger partial charge >= 0.3 is 13.3 Å². The summed E-state index contributed by atoms with van der Waals surface area (Å²) in [4.78, 5) is 0. The van der Waals surface area contributed by atoms with Crippen molar-refractivity contribution in [2.24, 2.45) is 0 Å². The number of hydrogen-bond donors (Lipinski definition) is 1. The van der Waals surface area contributed by atoms with Crippen LogP contribution in [0.1, 0.15) is 33.6 Å². The molecule has 5 heteroatoms. The first kappa shape index (κ1) is 10.7. The fraction of sp³-hybridized carbons (Fsp3) is 0.600. The summed E-state index contributed by atoms with van der Waals surface area (Å²) >= 11 is 0. The van der Waals surface area contributed by atoms with E-state index in [1.54, 1.807) is 0 Å². The molecule has 0 atom stereocenters. The highest BCUT2D eigenvalue weighted by Gasteiger charge is 2.66. The Morgan fingerprint density at radius 1 is 1.40 bits per heavy atom. The van der Waals surface area contributed by atoms with Crippen molar-refractivity contribution in [2.45, 2.75) is 39.6 Å². The average Bonchev–Trinajstić information content (AvgIpc) is 2.56. The SMILES string of the molecule is CC(C)=CCC/C(C)=C1\OB2OC1(O)O2. The van der Waals surface area contributed by atoms with Crippen molar-refractivity contribution in [3.05, 3.63) is 23.0 Å². The highest BCUT2D eigenvalue weighted by molar-refractivity contribution is 6.41. The monoisotopic (exact) mass is 210 g/mol. The van der Waals surface area contributed by atoms with E-state index in [9.17, 15) is 5.11 Å². The third-order valence-electron chi connectivity index (χ3n) is 2.47. The molecule has 3 saturated heterocycles. The first-order valence-electron chi connectivity index (χ1n) is 5.09. The standard InChI is InChI=1S/C10H15BO4/c1-7(2)5-4-6-8(3)9-10(12)14-11(13-9)15-10/h5,12H,4,6H2,1-3H3/b9-8-. The minimum absolute atomic E-state index is 0.426. The summed E-state index contributed by atoms with van der Waals surface area (Å²) in [7, 11) is -0.705. The summed E-state index contributed by atoms with van der Waals surface area (Å²) in [5.41, 5.74) is 2.26. The molecule has 0 saturated carbocycles. The van der Waals surface area contributed by atoms with Gasteiger partial charge in [-0.25, -0.2) is 0 Å². The van der Waals surface area contributed by atoms with Gasteiger partial charge in [0.15, 0.2) is 5.76 Å². The summed E-state index contributed by atoms with van der Waals surface area (Å²) in [6, 6.07) is 0. The highest BCUT2D eigenvalue weighted by Crippen LogP contribution is 2.43. The van der Waals surface area contributed by atoms with Crippen LogP contribution in [0.25, 0.3) is 0 Å². The van der Waals surface area contributed by atoms with E-state index in [0.29, 0.717) is 5.76 Å². The number of allylic oxidation sites excluding steroid dienone is 3. The largest absolute Gasteiger partial charge is 0.721 e. The zero-order chi connectivity index (χ0) is 11.1. The number of hydrogen-bond acceptors (Lipinski definition) is 4. The first-order valence-corrected chi connectivity index (χ1v) is 5.09. The van der Waals surface area contributed by atoms with Crippen LogP contribution in [0.5, 0.6) is 0 Å². The van der Waals surface area contributed by atoms with E-state index in [1.807, 2.05) is 6.92 Å². The molecular formula is C10H15BO4. The van der Waals surface area contributed by atoms with Crippen molar-refractivity contribution < 1.29 is 19.1 Å². The second-order valence-electron chi connectivity index (χ2n) is 4.15. The second-order valence-corrected chi connectivity index (χ2v) is 4.15. The van der Waals surface area contributed by atoms with E-state index in [1.165, 1.54) is 5.57 Å². The van der Waals surface area contributed by atoms with Crippen molar-refractivity contribution >= 4 is 7.32 Å². The first-order chi connectivity index (χ1) is 7.01. The third-order valence-corrected chi connectivity index (χ3v) is 2.47. The van der Waals surface area contributed by atoms with E-state index in [0.717, 1.165) is 18.4 Å². The zero-order valence-electron chi connectivity index (χ0n) is 9.24. The molecule has 0 spiro atoms. The molecule has 0 aromatic heterocycles. The topological polar surface area (TPSA) is 47.9 Å². The maximum absolute atomic E-state index is 9.66. The van der Waals surface area contributed by atoms with E-state index in [-0.39, 0.29) is 0 Å². The van der Waals surface area contributed by atoms with Gasteiger partial charge in [-0.05, 0) is 39.2 Å². The van der Waals surface area contributed by atoms with Crippen LogP contribution in [0.3, 0.4) is 0 Å². The molecule has 3 fully saturated rings. The third kappa shape index (κ3) is 1.95. The summed E-state index contributed by atoms with van der Waals surface area (Å²) in [6.45, 7) is 6.04. The van der Waals surface area contributed by atoms with Crippen LogP contribution in [-0.2, 0) is 14.0 Å². The molecule has 2 bridgehead atoms. The molecule has 0 aromatic carbocycles. The van der Waals surface area contributed by atoms with Gasteiger partial charge in [-0.1, -0.05) is 11.6 Å². The Kier molecular flexibility index (Phi) is 2.62. The fourth-order valence-electron chi connectivity index (χ4n) is 1.66. The quantitative estimate of drug-likeness (QED) is 0.569. The Labute approximate surface area is 89.7 Å². The van der Waals surface area contributed by atoms with E-state index in [2.05, 4.69) is 19.9 Å². The highest BCUT2D eigenvalue weighted by atomic mass is 17.0. The lowest BCUT2D eigenvalue weighted by atomic mass is 10.1. The van der Waals surface area contributed by atoms with Crippen LogP contribution in [0.15, 0.2) is 23.0 Å². The predicted molar refractivity (Wildman–Crippen MR) is 55.3 cm³/mol. The maximum Gasteiger partial charge on any atom is 0.721 e. The van der Waals surface area contributed by atoms with Gasteiger partial charge in [0.05, 0.1) is 0 Å². The lowest BCUT2D eigenvalue weighted by molar-refractivity contribution is -0.306. The molecule has 0 amide bonds. The molecule has 3 aliphatic heterocycles. The molecule has 0 unspecified atom stereocenters. The molecule has 0 radical (unpaired) electrons. The van der Waals surface area contributed by atoms with Gasteiger partial charge in [-0.3, -0.25) is 0 Å². The Bertz CT molecular complexity index is 324. The molecule has 0 aromatic rings. The lowest BCUT2D eigenvalue weighted by Gasteiger charge is -2.26. The summed E-state index contributed by atoms with van der Waals surface area (Å²) in [6.07, 6.45) is 3.92. The van der Waals surface area contributed by atoms with Crippen molar-refractivity contribution in [3.63, 3.8) is 0 Å². The van der Waals surface area contributed by atoms with Gasteiger partial charge in [0.1, 0.15) is 0 Å². The number of rotatable bonds is 3. The second kappa shape index (κ2) is 3.66. The van der Waals surface area contributed by atoms with Gasteiger partial charge in [0.2, 0.25) is 0 Å². The van der Waals surface area contributed by atoms with E-state index < -0.39 is 13.3 Å². The van der Waals surface area contributed by atoms with Crippen molar-refractivity contribution in [2.75, 3.05) is 0 Å². The summed E-state index contributed by atoms with van der Waals surface area (Å²) < 4.78 is 15.1. The van der Waals surface area contributed by atoms with Crippen LogP contribution in [0, 0.1) is 0 Å². The smallest absolute Gasteiger partial charge is 0.509 e. The van der Waals surface area contributed by atoms with Crippen LogP contribution in [0.4, 0.5) is 0 Å². The van der Waals surface area contributed by atoms with Crippen molar-refractivity contribution in [3.8, 4) is 0 Å². The molecule has 4 nitrogen and oxygen atoms in total. The summed E-state index contributed by atoms with van der Waals surface area (Å²) in [5, 5.41) is 9.66. The van der Waals surface area contributed by atoms with Gasteiger partial charge in [-0.15, -0.1) is 0 Å². The van der Waals surface area contributed by atoms with Gasteiger partial charge in [-0.2, -0.15) is 0 Å². The van der Waals surface area contributed by atoms with Crippen molar-refractivity contribution in [1.82, 2.24) is 0 Å². The fourth-order valence-corrected chi connectivity index (χ4v) is 1.66. The molecule has 0 aliphatic carbocycles. The molecule has 82 valence electrons. The number of fused-ring (bicyclic) bond motifs is 1. The molecule has 1 N–H and O–H groups in total. The normalized spacial score (nSPS) is 24.4. The van der Waals surface area contributed by atoms with Crippen LogP contribution in [-0.4, -0.2) is 18.4 Å². The summed E-state index contributed by atoms with van der Waals surface area (Å²) in [5.74, 6) is -1.17. The van der Waals surface area contributed by atoms with Gasteiger partial charge in [0.25, 0.3) is 0 Å². The zero-order valence-corrected chi connectivity index (χ0v) is 9.24. The van der Waals surface area contributed by atoms with Gasteiger partial charge in [0, 0.05) is 0 Å². The lowest BCUT2D eigenvalue weighted by Crippen LogP contribution is -2.49. The molecular weight excluding hydrogens is 195 g/mol. The van der Waals surface area contributed by atoms with Crippen LogP contribution in [0.2, 0.25) is 0 Å². The molecule has 15 heavy (non-hydrogen) atoms. The Morgan fingerprint density at radius 2 is 2.07 bits per heavy atom. The van der Waals surface area contributed by atoms with E-state index >= 15 is 0 Å². The minimum Gasteiger partial charge on any atom is -0.509 e. The number of aliphatic hydroxyl groups is 1. The van der Waals surface area contributed by atoms with E-state index in [4.69, 9.17) is 14.0 Å². The average molecular weight is 210 g/mol.